The summed E-state index contributed by atoms with van der Waals surface area (Å²) in [6.45, 7) is 2.98. The summed E-state index contributed by atoms with van der Waals surface area (Å²) in [5, 5.41) is 0.710. The first kappa shape index (κ1) is 21.9. The van der Waals surface area contributed by atoms with Gasteiger partial charge in [-0.25, -0.2) is 0 Å². The molecule has 4 rings (SSSR count). The van der Waals surface area contributed by atoms with Gasteiger partial charge in [-0.1, -0.05) is 41.9 Å². The van der Waals surface area contributed by atoms with E-state index in [0.717, 1.165) is 31.5 Å². The van der Waals surface area contributed by atoms with Gasteiger partial charge in [0.15, 0.2) is 0 Å². The average Bonchev–Trinajstić information content (AvgIpc) is 3.17. The van der Waals surface area contributed by atoms with Crippen molar-refractivity contribution in [3.05, 3.63) is 82.0 Å². The minimum absolute atomic E-state index is 0.0424. The molecule has 0 saturated carbocycles. The molecule has 0 amide bonds. The number of para-hydroxylation sites is 1. The molecule has 2 aliphatic rings. The van der Waals surface area contributed by atoms with Gasteiger partial charge in [0.05, 0.1) is 19.0 Å². The van der Waals surface area contributed by atoms with Crippen molar-refractivity contribution < 1.29 is 17.3 Å². The zero-order chi connectivity index (χ0) is 21.7. The Morgan fingerprint density at radius 1 is 1.00 bits per heavy atom. The van der Waals surface area contributed by atoms with Crippen LogP contribution in [0.5, 0.6) is 5.75 Å². The lowest BCUT2D eigenvalue weighted by molar-refractivity contribution is 0.0546. The molecule has 0 atom stereocenters. The Morgan fingerprint density at radius 2 is 1.71 bits per heavy atom. The molecule has 0 bridgehead atoms. The number of nitrogens with zero attached hydrogens (tertiary/aromatic N) is 1. The van der Waals surface area contributed by atoms with Gasteiger partial charge in [0.2, 0.25) is 0 Å². The normalized spacial score (nSPS) is 18.6. The summed E-state index contributed by atoms with van der Waals surface area (Å²) >= 11 is 6.02. The maximum absolute atomic E-state index is 12.5. The van der Waals surface area contributed by atoms with Crippen LogP contribution in [0.15, 0.2) is 71.4 Å². The highest BCUT2D eigenvalue weighted by molar-refractivity contribution is 7.87. The van der Waals surface area contributed by atoms with Crippen molar-refractivity contribution in [2.75, 3.05) is 32.1 Å². The van der Waals surface area contributed by atoms with E-state index >= 15 is 0 Å². The second kappa shape index (κ2) is 9.90. The molecule has 1 fully saturated rings. The molecule has 1 aliphatic heterocycles. The zero-order valence-corrected chi connectivity index (χ0v) is 18.9. The molecule has 0 spiro atoms. The molecule has 5 nitrogen and oxygen atoms in total. The minimum atomic E-state index is -3.67. The Balaban J connectivity index is 1.55. The van der Waals surface area contributed by atoms with Gasteiger partial charge >= 0.3 is 10.1 Å². The van der Waals surface area contributed by atoms with E-state index in [-0.39, 0.29) is 5.75 Å². The topological polar surface area (TPSA) is 55.8 Å². The fourth-order valence-electron chi connectivity index (χ4n) is 4.02. The zero-order valence-electron chi connectivity index (χ0n) is 17.3. The average molecular weight is 460 g/mol. The highest BCUT2D eigenvalue weighted by Gasteiger charge is 2.27. The van der Waals surface area contributed by atoms with Crippen LogP contribution in [-0.4, -0.2) is 45.4 Å². The standard InChI is InChI=1S/C24H26ClNO4S/c25-22-10-6-19(7-11-22)18-21-9-8-20(24(21)26-13-15-29-16-14-26)12-17-31(27,28)30-23-4-2-1-3-5-23/h1-7,10-11,18H,8-9,12-17H2/b21-18+. The summed E-state index contributed by atoms with van der Waals surface area (Å²) < 4.78 is 35.9. The number of hydrogen-bond acceptors (Lipinski definition) is 5. The summed E-state index contributed by atoms with van der Waals surface area (Å²) in [7, 11) is -3.67. The number of ether oxygens (including phenoxy) is 1. The van der Waals surface area contributed by atoms with Gasteiger partial charge in [0.1, 0.15) is 5.75 Å². The van der Waals surface area contributed by atoms with E-state index in [2.05, 4.69) is 11.0 Å². The van der Waals surface area contributed by atoms with E-state index in [9.17, 15) is 8.42 Å². The molecule has 31 heavy (non-hydrogen) atoms. The van der Waals surface area contributed by atoms with Crippen LogP contribution < -0.4 is 4.18 Å². The summed E-state index contributed by atoms with van der Waals surface area (Å²) in [5.74, 6) is 0.305. The monoisotopic (exact) mass is 459 g/mol. The maximum atomic E-state index is 12.5. The quantitative estimate of drug-likeness (QED) is 0.551. The first-order valence-electron chi connectivity index (χ1n) is 10.5. The van der Waals surface area contributed by atoms with E-state index in [1.807, 2.05) is 30.3 Å². The van der Waals surface area contributed by atoms with Crippen LogP contribution in [0.25, 0.3) is 6.08 Å². The van der Waals surface area contributed by atoms with E-state index in [1.54, 1.807) is 24.3 Å². The number of morpholine rings is 1. The second-order valence-electron chi connectivity index (χ2n) is 7.68. The molecule has 0 N–H and O–H groups in total. The predicted octanol–water partition coefficient (Wildman–Crippen LogP) is 4.90. The fourth-order valence-corrected chi connectivity index (χ4v) is 5.13. The lowest BCUT2D eigenvalue weighted by Gasteiger charge is -2.32. The lowest BCUT2D eigenvalue weighted by Crippen LogP contribution is -2.36. The third-order valence-electron chi connectivity index (χ3n) is 5.49. The fraction of sp³-hybridized carbons (Fsp3) is 0.333. The number of allylic oxidation sites excluding steroid dienone is 2. The third kappa shape index (κ3) is 5.91. The van der Waals surface area contributed by atoms with Crippen LogP contribution >= 0.6 is 11.6 Å². The summed E-state index contributed by atoms with van der Waals surface area (Å²) in [4.78, 5) is 2.33. The van der Waals surface area contributed by atoms with Crippen LogP contribution in [0.4, 0.5) is 0 Å². The van der Waals surface area contributed by atoms with Crippen molar-refractivity contribution in [1.29, 1.82) is 0 Å². The largest absolute Gasteiger partial charge is 0.382 e. The molecular weight excluding hydrogens is 434 g/mol. The van der Waals surface area contributed by atoms with Crippen molar-refractivity contribution in [1.82, 2.24) is 4.90 Å². The van der Waals surface area contributed by atoms with Gasteiger partial charge in [-0.05, 0) is 66.3 Å². The van der Waals surface area contributed by atoms with Gasteiger partial charge in [-0.15, -0.1) is 0 Å². The molecule has 1 saturated heterocycles. The van der Waals surface area contributed by atoms with Crippen LogP contribution in [-0.2, 0) is 14.9 Å². The van der Waals surface area contributed by atoms with Crippen LogP contribution in [0.1, 0.15) is 24.8 Å². The van der Waals surface area contributed by atoms with E-state index in [0.29, 0.717) is 30.4 Å². The summed E-state index contributed by atoms with van der Waals surface area (Å²) in [6, 6.07) is 16.4. The highest BCUT2D eigenvalue weighted by atomic mass is 35.5. The number of rotatable bonds is 7. The number of halogens is 1. The minimum Gasteiger partial charge on any atom is -0.382 e. The van der Waals surface area contributed by atoms with Crippen molar-refractivity contribution in [2.24, 2.45) is 0 Å². The Bertz CT molecular complexity index is 1060. The van der Waals surface area contributed by atoms with Crippen molar-refractivity contribution in [3.63, 3.8) is 0 Å². The Morgan fingerprint density at radius 3 is 2.42 bits per heavy atom. The Kier molecular flexibility index (Phi) is 7.00. The number of benzene rings is 2. The smallest absolute Gasteiger partial charge is 0.309 e. The molecule has 164 valence electrons. The molecule has 0 radical (unpaired) electrons. The molecule has 2 aromatic carbocycles. The molecule has 2 aromatic rings. The molecule has 7 heteroatoms. The van der Waals surface area contributed by atoms with Gasteiger partial charge in [-0.2, -0.15) is 8.42 Å². The second-order valence-corrected chi connectivity index (χ2v) is 9.81. The first-order valence-corrected chi connectivity index (χ1v) is 12.4. The van der Waals surface area contributed by atoms with Gasteiger partial charge in [-0.3, -0.25) is 0 Å². The van der Waals surface area contributed by atoms with Gasteiger partial charge < -0.3 is 13.8 Å². The van der Waals surface area contributed by atoms with Gasteiger partial charge in [0.25, 0.3) is 0 Å². The third-order valence-corrected chi connectivity index (χ3v) is 6.90. The predicted molar refractivity (Wildman–Crippen MR) is 124 cm³/mol. The van der Waals surface area contributed by atoms with Crippen LogP contribution in [0, 0.1) is 0 Å². The molecule has 1 heterocycles. The SMILES string of the molecule is O=S(=O)(CCC1=C(N2CCOCC2)/C(=C/c2ccc(Cl)cc2)CC1)Oc1ccccc1. The van der Waals surface area contributed by atoms with E-state index in [1.165, 1.54) is 16.8 Å². The van der Waals surface area contributed by atoms with Crippen LogP contribution in [0.2, 0.25) is 5.02 Å². The Hall–Kier alpha value is -2.28. The lowest BCUT2D eigenvalue weighted by atomic mass is 10.1. The first-order chi connectivity index (χ1) is 15.0. The molecular formula is C24H26ClNO4S. The highest BCUT2D eigenvalue weighted by Crippen LogP contribution is 2.37. The van der Waals surface area contributed by atoms with E-state index in [4.69, 9.17) is 20.5 Å². The van der Waals surface area contributed by atoms with Crippen molar-refractivity contribution >= 4 is 27.8 Å². The summed E-state index contributed by atoms with van der Waals surface area (Å²) in [6.07, 6.45) is 4.39. The number of hydrogen-bond donors (Lipinski definition) is 0. The maximum Gasteiger partial charge on any atom is 0.309 e. The molecule has 1 aliphatic carbocycles. The Labute approximate surface area is 189 Å². The van der Waals surface area contributed by atoms with Crippen LogP contribution in [0.3, 0.4) is 0 Å². The van der Waals surface area contributed by atoms with Crippen molar-refractivity contribution in [2.45, 2.75) is 19.3 Å². The molecule has 0 unspecified atom stereocenters. The summed E-state index contributed by atoms with van der Waals surface area (Å²) in [5.41, 5.74) is 4.67. The van der Waals surface area contributed by atoms with Crippen molar-refractivity contribution in [3.8, 4) is 5.75 Å². The van der Waals surface area contributed by atoms with Gasteiger partial charge in [0, 0.05) is 23.8 Å². The molecule has 0 aromatic heterocycles. The van der Waals surface area contributed by atoms with E-state index < -0.39 is 10.1 Å².